The van der Waals surface area contributed by atoms with E-state index >= 15 is 0 Å². The predicted molar refractivity (Wildman–Crippen MR) is 111 cm³/mol. The minimum absolute atomic E-state index is 0.0175. The number of carbonyl (C=O) groups is 2. The summed E-state index contributed by atoms with van der Waals surface area (Å²) in [4.78, 5) is 29.3. The third-order valence-corrected chi connectivity index (χ3v) is 6.06. The largest absolute Gasteiger partial charge is 0.335 e. The Labute approximate surface area is 175 Å². The molecule has 2 fully saturated rings. The molecule has 1 aromatic carbocycles. The van der Waals surface area contributed by atoms with Gasteiger partial charge in [-0.2, -0.15) is 5.10 Å². The molecule has 8 heteroatoms. The molecule has 1 aliphatic carbocycles. The molecule has 2 aliphatic rings. The number of aryl methyl sites for hydroxylation is 1. The van der Waals surface area contributed by atoms with Crippen molar-refractivity contribution in [3.63, 3.8) is 0 Å². The maximum Gasteiger partial charge on any atom is 0.274 e. The molecule has 2 aromatic rings. The first-order valence-electron chi connectivity index (χ1n) is 10.6. The average molecular weight is 413 g/mol. The average Bonchev–Trinajstić information content (AvgIpc) is 3.40. The maximum absolute atomic E-state index is 13.1. The summed E-state index contributed by atoms with van der Waals surface area (Å²) in [5.74, 6) is 0.291. The zero-order chi connectivity index (χ0) is 21.1. The van der Waals surface area contributed by atoms with Gasteiger partial charge in [0, 0.05) is 51.8 Å². The number of nitrogens with one attached hydrogen (secondary N) is 1. The molecular formula is C22H28FN5O2. The van der Waals surface area contributed by atoms with Crippen LogP contribution in [-0.4, -0.2) is 57.6 Å². The van der Waals surface area contributed by atoms with Gasteiger partial charge in [0.05, 0.1) is 0 Å². The monoisotopic (exact) mass is 413 g/mol. The zero-order valence-electron chi connectivity index (χ0n) is 17.3. The van der Waals surface area contributed by atoms with E-state index in [0.29, 0.717) is 24.6 Å². The molecule has 1 aliphatic heterocycles. The van der Waals surface area contributed by atoms with Gasteiger partial charge in [-0.1, -0.05) is 25.0 Å². The second-order valence-electron chi connectivity index (χ2n) is 8.20. The van der Waals surface area contributed by atoms with E-state index in [-0.39, 0.29) is 23.5 Å². The van der Waals surface area contributed by atoms with Gasteiger partial charge in [0.1, 0.15) is 11.6 Å². The Morgan fingerprint density at radius 2 is 1.77 bits per heavy atom. The van der Waals surface area contributed by atoms with Crippen LogP contribution >= 0.6 is 0 Å². The van der Waals surface area contributed by atoms with Crippen molar-refractivity contribution in [3.05, 3.63) is 47.4 Å². The summed E-state index contributed by atoms with van der Waals surface area (Å²) >= 11 is 0. The number of benzene rings is 1. The first-order chi connectivity index (χ1) is 14.5. The molecule has 2 amide bonds. The Bertz CT molecular complexity index is 897. The van der Waals surface area contributed by atoms with Crippen molar-refractivity contribution < 1.29 is 14.0 Å². The summed E-state index contributed by atoms with van der Waals surface area (Å²) in [5.41, 5.74) is 1.41. The molecule has 1 saturated heterocycles. The second kappa shape index (κ2) is 8.95. The van der Waals surface area contributed by atoms with Crippen molar-refractivity contribution in [1.82, 2.24) is 19.6 Å². The van der Waals surface area contributed by atoms with Gasteiger partial charge in [-0.25, -0.2) is 4.39 Å². The molecular weight excluding hydrogens is 385 g/mol. The van der Waals surface area contributed by atoms with Gasteiger partial charge in [-0.3, -0.25) is 19.2 Å². The minimum Gasteiger partial charge on any atom is -0.335 e. The summed E-state index contributed by atoms with van der Waals surface area (Å²) in [6.45, 7) is 3.46. The molecule has 1 aromatic heterocycles. The Morgan fingerprint density at radius 3 is 2.43 bits per heavy atom. The van der Waals surface area contributed by atoms with Crippen LogP contribution in [0, 0.1) is 11.7 Å². The van der Waals surface area contributed by atoms with E-state index < -0.39 is 0 Å². The molecule has 4 rings (SSSR count). The molecule has 0 atom stereocenters. The number of halogens is 1. The first-order valence-corrected chi connectivity index (χ1v) is 10.6. The van der Waals surface area contributed by atoms with Crippen LogP contribution in [-0.2, 0) is 18.4 Å². The van der Waals surface area contributed by atoms with Crippen LogP contribution in [0.1, 0.15) is 41.7 Å². The van der Waals surface area contributed by atoms with Crippen molar-refractivity contribution >= 4 is 17.6 Å². The molecule has 160 valence electrons. The highest BCUT2D eigenvalue weighted by molar-refractivity contribution is 5.96. The molecule has 7 nitrogen and oxygen atoms in total. The lowest BCUT2D eigenvalue weighted by Crippen LogP contribution is -2.48. The van der Waals surface area contributed by atoms with E-state index in [1.807, 2.05) is 0 Å². The Hall–Kier alpha value is -2.74. The van der Waals surface area contributed by atoms with Gasteiger partial charge in [-0.05, 0) is 30.5 Å². The highest BCUT2D eigenvalue weighted by atomic mass is 19.1. The molecule has 0 spiro atoms. The fraction of sp³-hybridized carbons (Fsp3) is 0.500. The fourth-order valence-corrected chi connectivity index (χ4v) is 4.22. The SMILES string of the molecule is Cn1nc(C(=O)N2CCN(Cc3ccc(F)cc3)CC2)cc1NC(=O)C1CCCC1. The lowest BCUT2D eigenvalue weighted by molar-refractivity contribution is -0.119. The van der Waals surface area contributed by atoms with Crippen LogP contribution in [0.3, 0.4) is 0 Å². The summed E-state index contributed by atoms with van der Waals surface area (Å²) in [7, 11) is 1.74. The van der Waals surface area contributed by atoms with Crippen molar-refractivity contribution in [2.45, 2.75) is 32.2 Å². The summed E-state index contributed by atoms with van der Waals surface area (Å²) in [5, 5.41) is 7.25. The van der Waals surface area contributed by atoms with Crippen LogP contribution in [0.25, 0.3) is 0 Å². The lowest BCUT2D eigenvalue weighted by Gasteiger charge is -2.34. The number of piperazine rings is 1. The van der Waals surface area contributed by atoms with Gasteiger partial charge in [0.15, 0.2) is 5.69 Å². The molecule has 2 heterocycles. The minimum atomic E-state index is -0.233. The Balaban J connectivity index is 1.31. The van der Waals surface area contributed by atoms with Crippen molar-refractivity contribution in [2.24, 2.45) is 13.0 Å². The van der Waals surface area contributed by atoms with Crippen LogP contribution in [0.15, 0.2) is 30.3 Å². The van der Waals surface area contributed by atoms with Gasteiger partial charge < -0.3 is 10.2 Å². The number of amides is 2. The van der Waals surface area contributed by atoms with Gasteiger partial charge in [0.2, 0.25) is 5.91 Å². The summed E-state index contributed by atoms with van der Waals surface area (Å²) in [6.07, 6.45) is 4.05. The lowest BCUT2D eigenvalue weighted by atomic mass is 10.1. The van der Waals surface area contributed by atoms with Gasteiger partial charge >= 0.3 is 0 Å². The van der Waals surface area contributed by atoms with Crippen molar-refractivity contribution in [3.8, 4) is 0 Å². The third kappa shape index (κ3) is 4.70. The Kier molecular flexibility index (Phi) is 6.13. The quantitative estimate of drug-likeness (QED) is 0.818. The molecule has 0 bridgehead atoms. The van der Waals surface area contributed by atoms with Crippen LogP contribution in [0.4, 0.5) is 10.2 Å². The summed E-state index contributed by atoms with van der Waals surface area (Å²) in [6, 6.07) is 8.20. The van der Waals surface area contributed by atoms with E-state index in [0.717, 1.165) is 50.9 Å². The predicted octanol–water partition coefficient (Wildman–Crippen LogP) is 2.65. The van der Waals surface area contributed by atoms with E-state index in [2.05, 4.69) is 15.3 Å². The van der Waals surface area contributed by atoms with E-state index in [4.69, 9.17) is 0 Å². The van der Waals surface area contributed by atoms with E-state index in [9.17, 15) is 14.0 Å². The molecule has 0 unspecified atom stereocenters. The maximum atomic E-state index is 13.1. The molecule has 30 heavy (non-hydrogen) atoms. The number of hydrogen-bond donors (Lipinski definition) is 1. The standard InChI is InChI=1S/C22H28FN5O2/c1-26-20(24-21(29)17-4-2-3-5-17)14-19(25-26)22(30)28-12-10-27(11-13-28)15-16-6-8-18(23)9-7-16/h6-9,14,17H,2-5,10-13,15H2,1H3,(H,24,29). The van der Waals surface area contributed by atoms with Crippen molar-refractivity contribution in [1.29, 1.82) is 0 Å². The van der Waals surface area contributed by atoms with Crippen LogP contribution < -0.4 is 5.32 Å². The Morgan fingerprint density at radius 1 is 1.10 bits per heavy atom. The first kappa shape index (κ1) is 20.5. The number of hydrogen-bond acceptors (Lipinski definition) is 4. The molecule has 0 radical (unpaired) electrons. The van der Waals surface area contributed by atoms with Crippen molar-refractivity contribution in [2.75, 3.05) is 31.5 Å². The summed E-state index contributed by atoms with van der Waals surface area (Å²) < 4.78 is 14.6. The smallest absolute Gasteiger partial charge is 0.274 e. The number of anilines is 1. The number of carbonyl (C=O) groups excluding carboxylic acids is 2. The zero-order valence-corrected chi connectivity index (χ0v) is 17.3. The van der Waals surface area contributed by atoms with Gasteiger partial charge in [-0.15, -0.1) is 0 Å². The number of aromatic nitrogens is 2. The van der Waals surface area contributed by atoms with E-state index in [1.54, 1.807) is 34.8 Å². The van der Waals surface area contributed by atoms with Crippen LogP contribution in [0.5, 0.6) is 0 Å². The highest BCUT2D eigenvalue weighted by Crippen LogP contribution is 2.26. The fourth-order valence-electron chi connectivity index (χ4n) is 4.22. The molecule has 1 saturated carbocycles. The second-order valence-corrected chi connectivity index (χ2v) is 8.20. The van der Waals surface area contributed by atoms with Gasteiger partial charge in [0.25, 0.3) is 5.91 Å². The molecule has 1 N–H and O–H groups in total. The topological polar surface area (TPSA) is 70.5 Å². The highest BCUT2D eigenvalue weighted by Gasteiger charge is 2.26. The van der Waals surface area contributed by atoms with E-state index in [1.165, 1.54) is 12.1 Å². The normalized spacial score (nSPS) is 18.0. The van der Waals surface area contributed by atoms with Crippen LogP contribution in [0.2, 0.25) is 0 Å². The number of nitrogens with zero attached hydrogens (tertiary/aromatic N) is 4. The third-order valence-electron chi connectivity index (χ3n) is 6.06. The number of rotatable bonds is 5.